The largest absolute Gasteiger partial charge is 0.366 e. The second kappa shape index (κ2) is 7.36. The second-order valence-corrected chi connectivity index (χ2v) is 8.20. The molecule has 1 aromatic heterocycles. The topological polar surface area (TPSA) is 89.3 Å². The summed E-state index contributed by atoms with van der Waals surface area (Å²) in [5.41, 5.74) is 6.01. The molecule has 0 bridgehead atoms. The lowest BCUT2D eigenvalue weighted by molar-refractivity contribution is 0.1000. The SMILES string of the molecule is NC(=O)c1ccc(S(=O)(=O)N[C@H](c2ccc(F)cc2)c2cccs2)cc1. The van der Waals surface area contributed by atoms with E-state index in [0.29, 0.717) is 5.56 Å². The third-order valence-electron chi connectivity index (χ3n) is 3.75. The molecule has 0 saturated carbocycles. The zero-order valence-corrected chi connectivity index (χ0v) is 15.1. The fraction of sp³-hybridized carbons (Fsp3) is 0.0556. The highest BCUT2D eigenvalue weighted by Gasteiger charge is 2.24. The molecule has 0 spiro atoms. The van der Waals surface area contributed by atoms with E-state index in [2.05, 4.69) is 4.72 Å². The molecule has 8 heteroatoms. The summed E-state index contributed by atoms with van der Waals surface area (Å²) < 4.78 is 41.4. The summed E-state index contributed by atoms with van der Waals surface area (Å²) in [6.07, 6.45) is 0. The molecule has 1 atom stereocenters. The minimum Gasteiger partial charge on any atom is -0.366 e. The number of rotatable bonds is 6. The highest BCUT2D eigenvalue weighted by molar-refractivity contribution is 7.89. The lowest BCUT2D eigenvalue weighted by Gasteiger charge is -2.18. The molecule has 26 heavy (non-hydrogen) atoms. The van der Waals surface area contributed by atoms with Crippen molar-refractivity contribution >= 4 is 27.3 Å². The Kier molecular flexibility index (Phi) is 5.17. The molecule has 3 rings (SSSR count). The van der Waals surface area contributed by atoms with Crippen molar-refractivity contribution in [1.29, 1.82) is 0 Å². The first kappa shape index (κ1) is 18.2. The molecule has 0 aliphatic rings. The first-order valence-corrected chi connectivity index (χ1v) is 9.94. The van der Waals surface area contributed by atoms with Crippen LogP contribution in [-0.2, 0) is 10.0 Å². The Morgan fingerprint density at radius 1 is 1.04 bits per heavy atom. The Bertz CT molecular complexity index is 1000. The Morgan fingerprint density at radius 2 is 1.69 bits per heavy atom. The van der Waals surface area contributed by atoms with Crippen LogP contribution in [0, 0.1) is 5.82 Å². The predicted octanol–water partition coefficient (Wildman–Crippen LogP) is 3.05. The summed E-state index contributed by atoms with van der Waals surface area (Å²) in [5, 5.41) is 1.84. The molecule has 0 unspecified atom stereocenters. The Hall–Kier alpha value is -2.55. The number of sulfonamides is 1. The van der Waals surface area contributed by atoms with Crippen LogP contribution in [0.5, 0.6) is 0 Å². The highest BCUT2D eigenvalue weighted by Crippen LogP contribution is 2.28. The van der Waals surface area contributed by atoms with Crippen LogP contribution in [0.1, 0.15) is 26.8 Å². The van der Waals surface area contributed by atoms with E-state index in [1.165, 1.54) is 47.7 Å². The number of primary amides is 1. The van der Waals surface area contributed by atoms with Crippen LogP contribution in [-0.4, -0.2) is 14.3 Å². The quantitative estimate of drug-likeness (QED) is 0.678. The van der Waals surface area contributed by atoms with Crippen LogP contribution in [0.2, 0.25) is 0 Å². The van der Waals surface area contributed by atoms with E-state index in [0.717, 1.165) is 4.88 Å². The molecule has 2 aromatic carbocycles. The van der Waals surface area contributed by atoms with Gasteiger partial charge in [0.25, 0.3) is 0 Å². The fourth-order valence-corrected chi connectivity index (χ4v) is 4.50. The van der Waals surface area contributed by atoms with Crippen molar-refractivity contribution in [2.75, 3.05) is 0 Å². The molecule has 1 amide bonds. The fourth-order valence-electron chi connectivity index (χ4n) is 2.42. The van der Waals surface area contributed by atoms with Gasteiger partial charge >= 0.3 is 0 Å². The van der Waals surface area contributed by atoms with Crippen LogP contribution >= 0.6 is 11.3 Å². The number of carbonyl (C=O) groups excluding carboxylic acids is 1. The summed E-state index contributed by atoms with van der Waals surface area (Å²) in [6, 6.07) is 14.0. The van der Waals surface area contributed by atoms with Gasteiger partial charge in [0.05, 0.1) is 10.9 Å². The maximum atomic E-state index is 13.2. The molecule has 0 radical (unpaired) electrons. The highest BCUT2D eigenvalue weighted by atomic mass is 32.2. The van der Waals surface area contributed by atoms with E-state index >= 15 is 0 Å². The van der Waals surface area contributed by atoms with Crippen LogP contribution < -0.4 is 10.5 Å². The summed E-state index contributed by atoms with van der Waals surface area (Å²) in [6.45, 7) is 0. The normalized spacial score (nSPS) is 12.7. The Balaban J connectivity index is 1.95. The van der Waals surface area contributed by atoms with Crippen molar-refractivity contribution in [3.63, 3.8) is 0 Å². The Labute approximate surface area is 154 Å². The van der Waals surface area contributed by atoms with Gasteiger partial charge in [0, 0.05) is 10.4 Å². The smallest absolute Gasteiger partial charge is 0.248 e. The summed E-state index contributed by atoms with van der Waals surface area (Å²) in [5.74, 6) is -1.03. The van der Waals surface area contributed by atoms with Gasteiger partial charge in [-0.05, 0) is 53.4 Å². The van der Waals surface area contributed by atoms with Gasteiger partial charge in [-0.25, -0.2) is 12.8 Å². The molecule has 3 N–H and O–H groups in total. The van der Waals surface area contributed by atoms with Crippen LogP contribution in [0.3, 0.4) is 0 Å². The molecule has 134 valence electrons. The monoisotopic (exact) mass is 390 g/mol. The number of thiophene rings is 1. The van der Waals surface area contributed by atoms with Crippen molar-refractivity contribution in [3.8, 4) is 0 Å². The third kappa shape index (κ3) is 3.98. The number of halogens is 1. The average molecular weight is 390 g/mol. The molecule has 3 aromatic rings. The van der Waals surface area contributed by atoms with Crippen molar-refractivity contribution in [1.82, 2.24) is 4.72 Å². The maximum absolute atomic E-state index is 13.2. The molecule has 1 heterocycles. The van der Waals surface area contributed by atoms with Crippen molar-refractivity contribution in [2.24, 2.45) is 5.73 Å². The molecular weight excluding hydrogens is 375 g/mol. The molecule has 5 nitrogen and oxygen atoms in total. The summed E-state index contributed by atoms with van der Waals surface area (Å²) >= 11 is 1.39. The van der Waals surface area contributed by atoms with E-state index in [9.17, 15) is 17.6 Å². The lowest BCUT2D eigenvalue weighted by Crippen LogP contribution is -2.29. The lowest BCUT2D eigenvalue weighted by atomic mass is 10.1. The summed E-state index contributed by atoms with van der Waals surface area (Å²) in [4.78, 5) is 11.9. The number of hydrogen-bond acceptors (Lipinski definition) is 4. The van der Waals surface area contributed by atoms with Gasteiger partial charge in [-0.15, -0.1) is 11.3 Å². The van der Waals surface area contributed by atoms with Gasteiger partial charge in [-0.3, -0.25) is 4.79 Å². The van der Waals surface area contributed by atoms with Gasteiger partial charge in [0.2, 0.25) is 15.9 Å². The van der Waals surface area contributed by atoms with E-state index in [1.54, 1.807) is 18.2 Å². The molecule has 0 saturated heterocycles. The van der Waals surface area contributed by atoms with Crippen molar-refractivity contribution in [3.05, 3.63) is 87.9 Å². The van der Waals surface area contributed by atoms with Gasteiger partial charge in [-0.1, -0.05) is 18.2 Å². The first-order valence-electron chi connectivity index (χ1n) is 7.58. The van der Waals surface area contributed by atoms with Gasteiger partial charge in [0.1, 0.15) is 5.82 Å². The minimum atomic E-state index is -3.88. The first-order chi connectivity index (χ1) is 12.4. The second-order valence-electron chi connectivity index (χ2n) is 5.51. The number of hydrogen-bond donors (Lipinski definition) is 2. The minimum absolute atomic E-state index is 0.00571. The third-order valence-corrected chi connectivity index (χ3v) is 6.13. The predicted molar refractivity (Wildman–Crippen MR) is 97.8 cm³/mol. The number of benzene rings is 2. The van der Waals surface area contributed by atoms with E-state index in [1.807, 2.05) is 11.4 Å². The van der Waals surface area contributed by atoms with Gasteiger partial charge in [-0.2, -0.15) is 4.72 Å². The molecule has 0 aliphatic heterocycles. The van der Waals surface area contributed by atoms with Crippen molar-refractivity contribution < 1.29 is 17.6 Å². The van der Waals surface area contributed by atoms with Gasteiger partial charge < -0.3 is 5.73 Å². The molecular formula is C18H15FN2O3S2. The summed E-state index contributed by atoms with van der Waals surface area (Å²) in [7, 11) is -3.88. The number of nitrogens with two attached hydrogens (primary N) is 1. The number of nitrogens with one attached hydrogen (secondary N) is 1. The van der Waals surface area contributed by atoms with Crippen molar-refractivity contribution in [2.45, 2.75) is 10.9 Å². The zero-order chi connectivity index (χ0) is 18.7. The van der Waals surface area contributed by atoms with E-state index < -0.39 is 27.8 Å². The standard InChI is InChI=1S/C18H15FN2O3S2/c19-14-7-3-12(4-8-14)17(16-2-1-11-25-16)21-26(23,24)15-9-5-13(6-10-15)18(20)22/h1-11,17,21H,(H2,20,22)/t17-/m1/s1. The van der Waals surface area contributed by atoms with E-state index in [4.69, 9.17) is 5.73 Å². The number of amides is 1. The van der Waals surface area contributed by atoms with Gasteiger partial charge in [0.15, 0.2) is 0 Å². The van der Waals surface area contributed by atoms with Crippen LogP contribution in [0.15, 0.2) is 70.9 Å². The average Bonchev–Trinajstić information content (AvgIpc) is 3.15. The Morgan fingerprint density at radius 3 is 2.23 bits per heavy atom. The molecule has 0 fully saturated rings. The maximum Gasteiger partial charge on any atom is 0.248 e. The van der Waals surface area contributed by atoms with E-state index in [-0.39, 0.29) is 10.5 Å². The zero-order valence-electron chi connectivity index (χ0n) is 13.4. The molecule has 0 aliphatic carbocycles. The van der Waals surface area contributed by atoms with Crippen LogP contribution in [0.4, 0.5) is 4.39 Å². The number of carbonyl (C=O) groups is 1. The van der Waals surface area contributed by atoms with Crippen LogP contribution in [0.25, 0.3) is 0 Å².